The maximum absolute atomic E-state index is 12.5. The molecule has 0 atom stereocenters. The molecule has 0 bridgehead atoms. The number of hydrogen-bond donors (Lipinski definition) is 1. The highest BCUT2D eigenvalue weighted by atomic mass is 16.2. The van der Waals surface area contributed by atoms with Gasteiger partial charge in [0, 0.05) is 38.6 Å². The number of carbonyl (C=O) groups is 2. The lowest BCUT2D eigenvalue weighted by atomic mass is 9.72. The first-order valence-corrected chi connectivity index (χ1v) is 9.93. The van der Waals surface area contributed by atoms with Crippen LogP contribution in [0, 0.1) is 12.3 Å². The van der Waals surface area contributed by atoms with Crippen LogP contribution >= 0.6 is 0 Å². The highest BCUT2D eigenvalue weighted by Crippen LogP contribution is 2.43. The van der Waals surface area contributed by atoms with Crippen molar-refractivity contribution in [2.24, 2.45) is 5.41 Å². The van der Waals surface area contributed by atoms with Gasteiger partial charge in [-0.25, -0.2) is 4.79 Å². The van der Waals surface area contributed by atoms with Crippen molar-refractivity contribution >= 4 is 11.9 Å². The van der Waals surface area contributed by atoms with E-state index in [0.717, 1.165) is 44.5 Å². The number of carbonyl (C=O) groups excluding carboxylic acids is 2. The number of likely N-dealkylation sites (tertiary alicyclic amines) is 2. The van der Waals surface area contributed by atoms with Gasteiger partial charge >= 0.3 is 6.03 Å². The molecule has 1 spiro atoms. The highest BCUT2D eigenvalue weighted by Gasteiger charge is 2.45. The monoisotopic (exact) mass is 355 g/mol. The molecular formula is C21H29N3O2. The van der Waals surface area contributed by atoms with E-state index in [9.17, 15) is 9.59 Å². The fourth-order valence-electron chi connectivity index (χ4n) is 4.35. The van der Waals surface area contributed by atoms with E-state index < -0.39 is 0 Å². The molecule has 3 aliphatic rings. The Balaban J connectivity index is 1.28. The van der Waals surface area contributed by atoms with Gasteiger partial charge in [0.1, 0.15) is 0 Å². The Kier molecular flexibility index (Phi) is 4.63. The largest absolute Gasteiger partial charge is 0.339 e. The normalized spacial score (nSPS) is 22.6. The molecule has 5 nitrogen and oxygen atoms in total. The van der Waals surface area contributed by atoms with Gasteiger partial charge in [-0.1, -0.05) is 29.8 Å². The molecule has 1 aliphatic carbocycles. The average Bonchev–Trinajstić information content (AvgIpc) is 3.49. The van der Waals surface area contributed by atoms with Crippen molar-refractivity contribution < 1.29 is 9.59 Å². The van der Waals surface area contributed by atoms with Crippen LogP contribution in [0.2, 0.25) is 0 Å². The van der Waals surface area contributed by atoms with E-state index in [2.05, 4.69) is 41.4 Å². The van der Waals surface area contributed by atoms with E-state index in [4.69, 9.17) is 0 Å². The minimum Gasteiger partial charge on any atom is -0.339 e. The fraction of sp³-hybridized carbons (Fsp3) is 0.619. The predicted molar refractivity (Wildman–Crippen MR) is 101 cm³/mol. The van der Waals surface area contributed by atoms with Gasteiger partial charge in [0.25, 0.3) is 0 Å². The van der Waals surface area contributed by atoms with Crippen LogP contribution < -0.4 is 5.32 Å². The molecule has 2 aliphatic heterocycles. The first-order valence-electron chi connectivity index (χ1n) is 9.93. The maximum atomic E-state index is 12.5. The predicted octanol–water partition coefficient (Wildman–Crippen LogP) is 3.07. The average molecular weight is 355 g/mol. The van der Waals surface area contributed by atoms with Gasteiger partial charge in [0.2, 0.25) is 5.91 Å². The topological polar surface area (TPSA) is 52.7 Å². The molecule has 1 aromatic rings. The minimum absolute atomic E-state index is 0.0337. The quantitative estimate of drug-likeness (QED) is 0.906. The number of nitrogens with one attached hydrogen (secondary N) is 1. The molecule has 2 saturated heterocycles. The van der Waals surface area contributed by atoms with Crippen LogP contribution in [0.4, 0.5) is 4.79 Å². The van der Waals surface area contributed by atoms with Crippen molar-refractivity contribution in [3.63, 3.8) is 0 Å². The van der Waals surface area contributed by atoms with E-state index in [1.54, 1.807) is 0 Å². The lowest BCUT2D eigenvalue weighted by Gasteiger charge is -2.47. The van der Waals surface area contributed by atoms with Gasteiger partial charge < -0.3 is 15.1 Å². The van der Waals surface area contributed by atoms with Crippen molar-refractivity contribution in [3.8, 4) is 0 Å². The summed E-state index contributed by atoms with van der Waals surface area (Å²) in [6.07, 6.45) is 6.07. The van der Waals surface area contributed by atoms with Crippen LogP contribution in [0.5, 0.6) is 0 Å². The first-order chi connectivity index (χ1) is 12.5. The Morgan fingerprint density at radius 3 is 2.50 bits per heavy atom. The molecule has 140 valence electrons. The standard InChI is InChI=1S/C21H29N3O2/c1-16-2-4-17(5-3-16)14-22-20(26)23-12-10-21(11-13-23)9-8-19(25)24(15-21)18-6-7-18/h2-5,18H,6-15H2,1H3,(H,22,26). The molecule has 4 rings (SSSR count). The van der Waals surface area contributed by atoms with Gasteiger partial charge in [0.05, 0.1) is 0 Å². The lowest BCUT2D eigenvalue weighted by Crippen LogP contribution is -2.54. The number of hydrogen-bond acceptors (Lipinski definition) is 2. The number of amides is 3. The number of rotatable bonds is 3. The minimum atomic E-state index is 0.0337. The van der Waals surface area contributed by atoms with E-state index in [0.29, 0.717) is 24.9 Å². The third kappa shape index (κ3) is 3.71. The Labute approximate surface area is 155 Å². The number of nitrogens with zero attached hydrogens (tertiary/aromatic N) is 2. The van der Waals surface area contributed by atoms with Gasteiger partial charge in [-0.15, -0.1) is 0 Å². The molecule has 0 unspecified atom stereocenters. The molecule has 0 aromatic heterocycles. The van der Waals surface area contributed by atoms with E-state index in [1.165, 1.54) is 18.4 Å². The van der Waals surface area contributed by atoms with Gasteiger partial charge in [-0.2, -0.15) is 0 Å². The third-order valence-electron chi connectivity index (χ3n) is 6.36. The maximum Gasteiger partial charge on any atom is 0.317 e. The van der Waals surface area contributed by atoms with Crippen LogP contribution in [0.1, 0.15) is 49.7 Å². The van der Waals surface area contributed by atoms with Crippen molar-refractivity contribution in [1.82, 2.24) is 15.1 Å². The summed E-state index contributed by atoms with van der Waals surface area (Å²) in [7, 11) is 0. The Morgan fingerprint density at radius 2 is 1.85 bits per heavy atom. The zero-order valence-corrected chi connectivity index (χ0v) is 15.7. The molecule has 26 heavy (non-hydrogen) atoms. The SMILES string of the molecule is Cc1ccc(CNC(=O)N2CCC3(CCC(=O)N(C4CC4)C3)CC2)cc1. The second-order valence-corrected chi connectivity index (χ2v) is 8.38. The van der Waals surface area contributed by atoms with E-state index >= 15 is 0 Å². The zero-order valence-electron chi connectivity index (χ0n) is 15.7. The number of urea groups is 1. The van der Waals surface area contributed by atoms with Crippen LogP contribution in [0.25, 0.3) is 0 Å². The first kappa shape index (κ1) is 17.4. The summed E-state index contributed by atoms with van der Waals surface area (Å²) in [4.78, 5) is 28.7. The molecule has 1 N–H and O–H groups in total. The summed E-state index contributed by atoms with van der Waals surface area (Å²) in [6, 6.07) is 8.81. The van der Waals surface area contributed by atoms with Crippen LogP contribution in [-0.2, 0) is 11.3 Å². The molecule has 1 saturated carbocycles. The summed E-state index contributed by atoms with van der Waals surface area (Å²) in [5, 5.41) is 3.05. The summed E-state index contributed by atoms with van der Waals surface area (Å²) in [5.41, 5.74) is 2.60. The van der Waals surface area contributed by atoms with Crippen LogP contribution in [-0.4, -0.2) is 47.4 Å². The molecular weight excluding hydrogens is 326 g/mol. The van der Waals surface area contributed by atoms with Crippen LogP contribution in [0.3, 0.4) is 0 Å². The van der Waals surface area contributed by atoms with Gasteiger partial charge in [-0.3, -0.25) is 4.79 Å². The highest BCUT2D eigenvalue weighted by molar-refractivity contribution is 5.78. The second-order valence-electron chi connectivity index (χ2n) is 8.38. The molecule has 2 heterocycles. The van der Waals surface area contributed by atoms with Crippen molar-refractivity contribution in [1.29, 1.82) is 0 Å². The Bertz CT molecular complexity index is 673. The van der Waals surface area contributed by atoms with E-state index in [1.807, 2.05) is 4.90 Å². The smallest absolute Gasteiger partial charge is 0.317 e. The number of benzene rings is 1. The molecule has 3 amide bonds. The Morgan fingerprint density at radius 1 is 1.15 bits per heavy atom. The van der Waals surface area contributed by atoms with Crippen LogP contribution in [0.15, 0.2) is 24.3 Å². The molecule has 0 radical (unpaired) electrons. The fourth-order valence-corrected chi connectivity index (χ4v) is 4.35. The summed E-state index contributed by atoms with van der Waals surface area (Å²) in [5.74, 6) is 0.344. The second kappa shape index (κ2) is 6.93. The molecule has 3 fully saturated rings. The van der Waals surface area contributed by atoms with Gasteiger partial charge in [0.15, 0.2) is 0 Å². The lowest BCUT2D eigenvalue weighted by molar-refractivity contribution is -0.139. The number of piperidine rings is 2. The zero-order chi connectivity index (χ0) is 18.1. The van der Waals surface area contributed by atoms with Crippen molar-refractivity contribution in [2.75, 3.05) is 19.6 Å². The van der Waals surface area contributed by atoms with Gasteiger partial charge in [-0.05, 0) is 50.0 Å². The summed E-state index contributed by atoms with van der Waals surface area (Å²) >= 11 is 0. The van der Waals surface area contributed by atoms with Crippen molar-refractivity contribution in [2.45, 2.75) is 58.0 Å². The number of aryl methyl sites for hydroxylation is 1. The Hall–Kier alpha value is -2.04. The molecule has 1 aromatic carbocycles. The summed E-state index contributed by atoms with van der Waals surface area (Å²) in [6.45, 7) is 5.15. The summed E-state index contributed by atoms with van der Waals surface area (Å²) < 4.78 is 0. The van der Waals surface area contributed by atoms with E-state index in [-0.39, 0.29) is 11.4 Å². The van der Waals surface area contributed by atoms with Crippen molar-refractivity contribution in [3.05, 3.63) is 35.4 Å². The third-order valence-corrected chi connectivity index (χ3v) is 6.36. The molecule has 5 heteroatoms.